The van der Waals surface area contributed by atoms with Gasteiger partial charge in [-0.3, -0.25) is 24.2 Å². The molecule has 0 N–H and O–H groups in total. The van der Waals surface area contributed by atoms with Crippen molar-refractivity contribution >= 4 is 35.0 Å². The molecule has 1 heterocycles. The number of hydrogen-bond acceptors (Lipinski definition) is 3. The molecule has 5 aliphatic rings. The SMILES string of the molecule is Cc1c(Cl)cccc1N(CN1C(=O)[C@@H]2[C@H]3C=C[C@@H]([C@@H]4C[C@H]34)[C@@H]2C1=O)C(=O)C(F)(F)F. The molecular weight excluding hydrogens is 421 g/mol. The van der Waals surface area contributed by atoms with E-state index in [1.807, 2.05) is 12.2 Å². The standard InChI is InChI=1S/C21H18ClF3N2O3/c1-9-14(22)3-2-4-15(9)26(20(30)21(23,24)25)8-27-18(28)16-10-5-6-11(13-7-12(10)13)17(16)19(27)29/h2-6,10-13,16-17H,7-8H2,1H3/t10-,11-,12-,13+,16-,17+/m0/s1. The first-order valence-corrected chi connectivity index (χ1v) is 10.2. The molecule has 9 heteroatoms. The Morgan fingerprint density at radius 1 is 1.13 bits per heavy atom. The van der Waals surface area contributed by atoms with E-state index in [9.17, 15) is 27.6 Å². The highest BCUT2D eigenvalue weighted by Gasteiger charge is 2.67. The van der Waals surface area contributed by atoms with Gasteiger partial charge in [-0.25, -0.2) is 0 Å². The number of carbonyl (C=O) groups is 3. The van der Waals surface area contributed by atoms with Crippen LogP contribution in [-0.4, -0.2) is 35.5 Å². The molecule has 2 bridgehead atoms. The van der Waals surface area contributed by atoms with Gasteiger partial charge in [0.25, 0.3) is 0 Å². The van der Waals surface area contributed by atoms with Crippen LogP contribution in [-0.2, 0) is 14.4 Å². The number of allylic oxidation sites excluding steroid dienone is 2. The number of alkyl halides is 3. The van der Waals surface area contributed by atoms with Gasteiger partial charge in [-0.05, 0) is 54.7 Å². The average molecular weight is 439 g/mol. The van der Waals surface area contributed by atoms with Crippen LogP contribution in [0.4, 0.5) is 18.9 Å². The molecule has 2 saturated carbocycles. The van der Waals surface area contributed by atoms with Gasteiger partial charge in [0, 0.05) is 5.02 Å². The fourth-order valence-electron chi connectivity index (χ4n) is 5.59. The summed E-state index contributed by atoms with van der Waals surface area (Å²) in [6.07, 6.45) is -0.227. The van der Waals surface area contributed by atoms with Crippen molar-refractivity contribution in [2.45, 2.75) is 19.5 Å². The van der Waals surface area contributed by atoms with Crippen LogP contribution in [0.15, 0.2) is 30.4 Å². The van der Waals surface area contributed by atoms with Crippen molar-refractivity contribution in [1.82, 2.24) is 4.90 Å². The van der Waals surface area contributed by atoms with Gasteiger partial charge in [-0.2, -0.15) is 13.2 Å². The molecule has 0 spiro atoms. The molecule has 1 saturated heterocycles. The van der Waals surface area contributed by atoms with Crippen molar-refractivity contribution in [1.29, 1.82) is 0 Å². The zero-order valence-corrected chi connectivity index (χ0v) is 16.7. The van der Waals surface area contributed by atoms with E-state index in [4.69, 9.17) is 11.6 Å². The predicted octanol–water partition coefficient (Wildman–Crippen LogP) is 3.55. The number of imide groups is 1. The summed E-state index contributed by atoms with van der Waals surface area (Å²) in [6, 6.07) is 4.24. The molecule has 1 aromatic carbocycles. The summed E-state index contributed by atoms with van der Waals surface area (Å²) in [4.78, 5) is 39.7. The first-order valence-electron chi connectivity index (χ1n) is 9.78. The van der Waals surface area contributed by atoms with Gasteiger partial charge in [-0.15, -0.1) is 0 Å². The molecule has 4 aliphatic carbocycles. The molecule has 1 aromatic rings. The minimum absolute atomic E-state index is 0.0499. The van der Waals surface area contributed by atoms with Crippen LogP contribution in [0.25, 0.3) is 0 Å². The van der Waals surface area contributed by atoms with Gasteiger partial charge >= 0.3 is 12.1 Å². The maximum absolute atomic E-state index is 13.3. The molecular formula is C21H18ClF3N2O3. The van der Waals surface area contributed by atoms with E-state index in [2.05, 4.69) is 0 Å². The second kappa shape index (κ2) is 6.33. The number of anilines is 1. The average Bonchev–Trinajstić information content (AvgIpc) is 3.47. The van der Waals surface area contributed by atoms with Gasteiger partial charge in [-0.1, -0.05) is 29.8 Å². The highest BCUT2D eigenvalue weighted by atomic mass is 35.5. The van der Waals surface area contributed by atoms with Crippen LogP contribution in [0.1, 0.15) is 12.0 Å². The lowest BCUT2D eigenvalue weighted by Gasteiger charge is -2.37. The maximum atomic E-state index is 13.3. The summed E-state index contributed by atoms with van der Waals surface area (Å²) in [7, 11) is 0. The zero-order valence-electron chi connectivity index (χ0n) is 15.9. The smallest absolute Gasteiger partial charge is 0.285 e. The van der Waals surface area contributed by atoms with E-state index in [0.717, 1.165) is 11.3 Å². The Labute approximate surface area is 175 Å². The van der Waals surface area contributed by atoms with E-state index >= 15 is 0 Å². The molecule has 0 radical (unpaired) electrons. The second-order valence-electron chi connectivity index (χ2n) is 8.52. The van der Waals surface area contributed by atoms with Crippen LogP contribution in [0.5, 0.6) is 0 Å². The molecule has 0 aromatic heterocycles. The van der Waals surface area contributed by atoms with Crippen molar-refractivity contribution in [2.24, 2.45) is 35.5 Å². The number of hydrogen-bond donors (Lipinski definition) is 0. The lowest BCUT2D eigenvalue weighted by molar-refractivity contribution is -0.171. The van der Waals surface area contributed by atoms with Gasteiger partial charge in [0.2, 0.25) is 11.8 Å². The van der Waals surface area contributed by atoms with Gasteiger partial charge in [0.05, 0.1) is 17.5 Å². The first kappa shape index (κ1) is 19.6. The fraction of sp³-hybridized carbons (Fsp3) is 0.476. The van der Waals surface area contributed by atoms with Crippen LogP contribution < -0.4 is 4.90 Å². The third-order valence-electron chi connectivity index (χ3n) is 7.05. The van der Waals surface area contributed by atoms with E-state index in [1.165, 1.54) is 25.1 Å². The molecule has 30 heavy (non-hydrogen) atoms. The Bertz CT molecular complexity index is 972. The second-order valence-corrected chi connectivity index (χ2v) is 8.92. The van der Waals surface area contributed by atoms with E-state index in [1.54, 1.807) is 0 Å². The summed E-state index contributed by atoms with van der Waals surface area (Å²) in [5.74, 6) is -3.56. The Morgan fingerprint density at radius 3 is 2.23 bits per heavy atom. The van der Waals surface area contributed by atoms with E-state index in [-0.39, 0.29) is 28.1 Å². The van der Waals surface area contributed by atoms with Crippen molar-refractivity contribution < 1.29 is 27.6 Å². The highest BCUT2D eigenvalue weighted by molar-refractivity contribution is 6.31. The van der Waals surface area contributed by atoms with Gasteiger partial charge < -0.3 is 0 Å². The topological polar surface area (TPSA) is 57.7 Å². The molecule has 3 fully saturated rings. The summed E-state index contributed by atoms with van der Waals surface area (Å²) in [5.41, 5.74) is 0.181. The molecule has 158 valence electrons. The quantitative estimate of drug-likeness (QED) is 0.535. The first-order chi connectivity index (χ1) is 14.1. The fourth-order valence-corrected chi connectivity index (χ4v) is 5.76. The highest BCUT2D eigenvalue weighted by Crippen LogP contribution is 2.65. The van der Waals surface area contributed by atoms with Crippen molar-refractivity contribution in [3.63, 3.8) is 0 Å². The van der Waals surface area contributed by atoms with Crippen LogP contribution >= 0.6 is 11.6 Å². The number of nitrogens with zero attached hydrogens (tertiary/aromatic N) is 2. The van der Waals surface area contributed by atoms with Crippen molar-refractivity contribution in [3.05, 3.63) is 40.9 Å². The normalized spacial score (nSPS) is 33.6. The van der Waals surface area contributed by atoms with Gasteiger partial charge in [0.1, 0.15) is 6.67 Å². The Balaban J connectivity index is 1.50. The molecule has 3 amide bonds. The van der Waals surface area contributed by atoms with Crippen LogP contribution in [0.2, 0.25) is 5.02 Å². The summed E-state index contributed by atoms with van der Waals surface area (Å²) in [5, 5.41) is 0.183. The number of halogens is 4. The van der Waals surface area contributed by atoms with Crippen LogP contribution in [0, 0.1) is 42.4 Å². The number of likely N-dealkylation sites (tertiary alicyclic amines) is 1. The van der Waals surface area contributed by atoms with E-state index < -0.39 is 42.4 Å². The number of amides is 3. The van der Waals surface area contributed by atoms with Crippen molar-refractivity contribution in [2.75, 3.05) is 11.6 Å². The maximum Gasteiger partial charge on any atom is 0.471 e. The summed E-state index contributed by atoms with van der Waals surface area (Å²) >= 11 is 6.04. The Kier molecular flexibility index (Phi) is 4.13. The van der Waals surface area contributed by atoms with E-state index in [0.29, 0.717) is 16.7 Å². The Hall–Kier alpha value is -2.35. The van der Waals surface area contributed by atoms with Gasteiger partial charge in [0.15, 0.2) is 0 Å². The minimum Gasteiger partial charge on any atom is -0.285 e. The lowest BCUT2D eigenvalue weighted by atomic mass is 9.63. The minimum atomic E-state index is -5.17. The molecule has 6 atom stereocenters. The van der Waals surface area contributed by atoms with Crippen molar-refractivity contribution in [3.8, 4) is 0 Å². The lowest BCUT2D eigenvalue weighted by Crippen LogP contribution is -2.49. The Morgan fingerprint density at radius 2 is 1.70 bits per heavy atom. The molecule has 1 aliphatic heterocycles. The number of carbonyl (C=O) groups excluding carboxylic acids is 3. The molecule has 5 nitrogen and oxygen atoms in total. The summed E-state index contributed by atoms with van der Waals surface area (Å²) in [6.45, 7) is 0.707. The molecule has 0 unspecified atom stereocenters. The predicted molar refractivity (Wildman–Crippen MR) is 101 cm³/mol. The van der Waals surface area contributed by atoms with Crippen LogP contribution in [0.3, 0.4) is 0 Å². The molecule has 6 rings (SSSR count). The third-order valence-corrected chi connectivity index (χ3v) is 7.46. The largest absolute Gasteiger partial charge is 0.471 e. The monoisotopic (exact) mass is 438 g/mol. The number of rotatable bonds is 3. The zero-order chi connectivity index (χ0) is 21.5. The number of benzene rings is 1. The summed E-state index contributed by atoms with van der Waals surface area (Å²) < 4.78 is 40.0. The third kappa shape index (κ3) is 2.65.